The lowest BCUT2D eigenvalue weighted by atomic mass is 9.95. The first-order valence-electron chi connectivity index (χ1n) is 4.93. The average molecular weight is 166 g/mol. The van der Waals surface area contributed by atoms with E-state index in [9.17, 15) is 0 Å². The summed E-state index contributed by atoms with van der Waals surface area (Å²) >= 11 is 0. The van der Waals surface area contributed by atoms with Crippen LogP contribution in [0, 0.1) is 0 Å². The minimum Gasteiger partial charge on any atom is -0.376 e. The van der Waals surface area contributed by atoms with Gasteiger partial charge in [0.1, 0.15) is 0 Å². The van der Waals surface area contributed by atoms with Gasteiger partial charge in [0.2, 0.25) is 0 Å². The van der Waals surface area contributed by atoms with E-state index in [2.05, 4.69) is 12.2 Å². The predicted molar refractivity (Wildman–Crippen MR) is 52.2 cm³/mol. The van der Waals surface area contributed by atoms with Crippen LogP contribution in [0.2, 0.25) is 0 Å². The number of allylic oxidation sites excluding steroid dienone is 2. The molecule has 0 bridgehead atoms. The van der Waals surface area contributed by atoms with Crippen LogP contribution in [-0.4, -0.2) is 13.2 Å². The van der Waals surface area contributed by atoms with Crippen molar-refractivity contribution in [1.82, 2.24) is 0 Å². The van der Waals surface area contributed by atoms with Crippen molar-refractivity contribution in [3.63, 3.8) is 0 Å². The molecule has 2 rings (SSSR count). The number of rotatable bonds is 0. The van der Waals surface area contributed by atoms with Gasteiger partial charge in [-0.15, -0.1) is 0 Å². The van der Waals surface area contributed by atoms with Gasteiger partial charge in [-0.1, -0.05) is 26.0 Å². The Morgan fingerprint density at radius 2 is 1.75 bits per heavy atom. The molecular formula is C11H18O. The molecule has 0 aromatic heterocycles. The summed E-state index contributed by atoms with van der Waals surface area (Å²) in [4.78, 5) is 0. The lowest BCUT2D eigenvalue weighted by Crippen LogP contribution is -2.12. The summed E-state index contributed by atoms with van der Waals surface area (Å²) in [5.41, 5.74) is 2.98. The predicted octanol–water partition coefficient (Wildman–Crippen LogP) is 3.08. The maximum Gasteiger partial charge on any atom is 0.0716 e. The lowest BCUT2D eigenvalue weighted by molar-refractivity contribution is 0.145. The molecule has 2 aliphatic rings. The Hall–Kier alpha value is -0.560. The van der Waals surface area contributed by atoms with Crippen molar-refractivity contribution in [2.75, 3.05) is 13.2 Å². The van der Waals surface area contributed by atoms with E-state index in [0.29, 0.717) is 0 Å². The Bertz CT molecular complexity index is 167. The van der Waals surface area contributed by atoms with Gasteiger partial charge in [-0.05, 0) is 30.4 Å². The highest BCUT2D eigenvalue weighted by atomic mass is 16.5. The lowest BCUT2D eigenvalue weighted by Gasteiger charge is -2.21. The Balaban J connectivity index is 0.000000336. The van der Waals surface area contributed by atoms with Crippen LogP contribution in [0.5, 0.6) is 0 Å². The van der Waals surface area contributed by atoms with Gasteiger partial charge < -0.3 is 4.74 Å². The van der Waals surface area contributed by atoms with E-state index in [1.165, 1.54) is 24.0 Å². The molecule has 0 amide bonds. The first-order chi connectivity index (χ1) is 5.97. The number of hydrogen-bond donors (Lipinski definition) is 0. The van der Waals surface area contributed by atoms with Crippen LogP contribution >= 0.6 is 0 Å². The molecule has 1 heterocycles. The van der Waals surface area contributed by atoms with E-state index in [0.717, 1.165) is 19.6 Å². The van der Waals surface area contributed by atoms with Crippen molar-refractivity contribution in [2.45, 2.75) is 33.1 Å². The molecule has 1 nitrogen and oxygen atoms in total. The monoisotopic (exact) mass is 166 g/mol. The molecule has 68 valence electrons. The van der Waals surface area contributed by atoms with Crippen LogP contribution < -0.4 is 0 Å². The molecule has 12 heavy (non-hydrogen) atoms. The van der Waals surface area contributed by atoms with Crippen LogP contribution in [0.1, 0.15) is 33.1 Å². The maximum absolute atomic E-state index is 5.33. The molecule has 0 saturated carbocycles. The van der Waals surface area contributed by atoms with Crippen molar-refractivity contribution in [3.05, 3.63) is 23.3 Å². The zero-order valence-electron chi connectivity index (χ0n) is 8.10. The number of hydrogen-bond acceptors (Lipinski definition) is 1. The number of fused-ring (bicyclic) bond motifs is 1. The van der Waals surface area contributed by atoms with E-state index in [1.54, 1.807) is 0 Å². The Labute approximate surface area is 75.1 Å². The van der Waals surface area contributed by atoms with Crippen molar-refractivity contribution in [3.8, 4) is 0 Å². The third-order valence-corrected chi connectivity index (χ3v) is 2.13. The van der Waals surface area contributed by atoms with Crippen LogP contribution in [0.25, 0.3) is 0 Å². The van der Waals surface area contributed by atoms with Gasteiger partial charge in [0.05, 0.1) is 13.2 Å². The van der Waals surface area contributed by atoms with E-state index in [1.807, 2.05) is 13.8 Å². The van der Waals surface area contributed by atoms with Crippen molar-refractivity contribution >= 4 is 0 Å². The fourth-order valence-electron chi connectivity index (χ4n) is 1.56. The Morgan fingerprint density at radius 1 is 1.08 bits per heavy atom. The second kappa shape index (κ2) is 5.15. The normalized spacial score (nSPS) is 21.2. The minimum absolute atomic E-state index is 0.853. The smallest absolute Gasteiger partial charge is 0.0716 e. The van der Waals surface area contributed by atoms with Gasteiger partial charge in [-0.25, -0.2) is 0 Å². The molecule has 1 heteroatoms. The van der Waals surface area contributed by atoms with E-state index in [-0.39, 0.29) is 0 Å². The minimum atomic E-state index is 0.853. The third-order valence-electron chi connectivity index (χ3n) is 2.13. The molecule has 0 radical (unpaired) electrons. The van der Waals surface area contributed by atoms with Gasteiger partial charge in [-0.3, -0.25) is 0 Å². The highest BCUT2D eigenvalue weighted by Crippen LogP contribution is 2.24. The summed E-state index contributed by atoms with van der Waals surface area (Å²) in [6.45, 7) is 5.77. The Morgan fingerprint density at radius 3 is 2.42 bits per heavy atom. The molecule has 0 atom stereocenters. The van der Waals surface area contributed by atoms with Crippen LogP contribution in [0.4, 0.5) is 0 Å². The van der Waals surface area contributed by atoms with E-state index >= 15 is 0 Å². The third kappa shape index (κ3) is 2.21. The standard InChI is InChI=1S/C9H12O.C2H6/c1-2-4-9-7-10-6-5-8(9)3-1;1-2/h3-4H,1-2,5-7H2;1-2H3. The van der Waals surface area contributed by atoms with Gasteiger partial charge in [0.25, 0.3) is 0 Å². The average Bonchev–Trinajstić information content (AvgIpc) is 2.21. The van der Waals surface area contributed by atoms with Gasteiger partial charge in [0, 0.05) is 0 Å². The zero-order chi connectivity index (χ0) is 8.81. The second-order valence-electron chi connectivity index (χ2n) is 2.84. The molecular weight excluding hydrogens is 148 g/mol. The largest absolute Gasteiger partial charge is 0.376 e. The molecule has 0 spiro atoms. The molecule has 0 unspecified atom stereocenters. The SMILES string of the molecule is C1=C2CCOCC2=CCC1.CC. The molecule has 1 saturated heterocycles. The molecule has 1 fully saturated rings. The van der Waals surface area contributed by atoms with Crippen LogP contribution in [0.15, 0.2) is 23.3 Å². The van der Waals surface area contributed by atoms with Gasteiger partial charge >= 0.3 is 0 Å². The van der Waals surface area contributed by atoms with Crippen LogP contribution in [0.3, 0.4) is 0 Å². The fourth-order valence-corrected chi connectivity index (χ4v) is 1.56. The Kier molecular flexibility index (Phi) is 4.09. The summed E-state index contributed by atoms with van der Waals surface area (Å²) in [5, 5.41) is 0. The maximum atomic E-state index is 5.33. The first kappa shape index (κ1) is 9.53. The topological polar surface area (TPSA) is 9.23 Å². The van der Waals surface area contributed by atoms with Crippen molar-refractivity contribution in [1.29, 1.82) is 0 Å². The zero-order valence-corrected chi connectivity index (χ0v) is 8.10. The first-order valence-corrected chi connectivity index (χ1v) is 4.93. The fraction of sp³-hybridized carbons (Fsp3) is 0.636. The van der Waals surface area contributed by atoms with Gasteiger partial charge in [0.15, 0.2) is 0 Å². The molecule has 0 aromatic carbocycles. The summed E-state index contributed by atoms with van der Waals surface area (Å²) in [5.74, 6) is 0. The highest BCUT2D eigenvalue weighted by molar-refractivity contribution is 5.35. The quantitative estimate of drug-likeness (QED) is 0.537. The second-order valence-corrected chi connectivity index (χ2v) is 2.84. The summed E-state index contributed by atoms with van der Waals surface area (Å²) < 4.78 is 5.33. The summed E-state index contributed by atoms with van der Waals surface area (Å²) in [6, 6.07) is 0. The molecule has 0 N–H and O–H groups in total. The van der Waals surface area contributed by atoms with E-state index in [4.69, 9.17) is 4.74 Å². The summed E-state index contributed by atoms with van der Waals surface area (Å²) in [6.07, 6.45) is 8.25. The highest BCUT2D eigenvalue weighted by Gasteiger charge is 2.12. The molecule has 1 aliphatic heterocycles. The van der Waals surface area contributed by atoms with Crippen molar-refractivity contribution in [2.24, 2.45) is 0 Å². The van der Waals surface area contributed by atoms with Gasteiger partial charge in [-0.2, -0.15) is 0 Å². The van der Waals surface area contributed by atoms with E-state index < -0.39 is 0 Å². The number of ether oxygens (including phenoxy) is 1. The van der Waals surface area contributed by atoms with Crippen LogP contribution in [-0.2, 0) is 4.74 Å². The van der Waals surface area contributed by atoms with Crippen molar-refractivity contribution < 1.29 is 4.74 Å². The summed E-state index contributed by atoms with van der Waals surface area (Å²) in [7, 11) is 0. The molecule has 0 aromatic rings. The molecule has 1 aliphatic carbocycles.